The minimum Gasteiger partial charge on any atom is -0.496 e. The summed E-state index contributed by atoms with van der Waals surface area (Å²) in [6, 6.07) is 6.08. The van der Waals surface area contributed by atoms with Crippen LogP contribution in [0.1, 0.15) is 60.6 Å². The lowest BCUT2D eigenvalue weighted by Crippen LogP contribution is -2.69. The maximum Gasteiger partial charge on any atom is 0.329 e. The number of carboxylic acids is 1. The number of methoxy groups -OCH3 is 1. The van der Waals surface area contributed by atoms with E-state index in [9.17, 15) is 14.7 Å². The third-order valence-corrected chi connectivity index (χ3v) is 8.53. The van der Waals surface area contributed by atoms with Gasteiger partial charge in [0.15, 0.2) is 0 Å². The van der Waals surface area contributed by atoms with Crippen molar-refractivity contribution in [3.63, 3.8) is 0 Å². The molecule has 4 heterocycles. The predicted octanol–water partition coefficient (Wildman–Crippen LogP) is 3.33. The number of aryl methyl sites for hydroxylation is 3. The Bertz CT molecular complexity index is 1410. The summed E-state index contributed by atoms with van der Waals surface area (Å²) in [5.74, 6) is 0.182. The zero-order chi connectivity index (χ0) is 25.9. The van der Waals surface area contributed by atoms with Gasteiger partial charge in [-0.3, -0.25) is 4.79 Å². The van der Waals surface area contributed by atoms with E-state index in [1.165, 1.54) is 4.80 Å². The van der Waals surface area contributed by atoms with Crippen molar-refractivity contribution in [1.29, 1.82) is 0 Å². The Morgan fingerprint density at radius 2 is 2.03 bits per heavy atom. The molecular weight excluding hydrogens is 472 g/mol. The number of ether oxygens (including phenoxy) is 1. The first kappa shape index (κ1) is 23.7. The van der Waals surface area contributed by atoms with Gasteiger partial charge in [0.25, 0.3) is 5.91 Å². The van der Waals surface area contributed by atoms with E-state index in [1.54, 1.807) is 19.1 Å². The van der Waals surface area contributed by atoms with Crippen LogP contribution in [0.2, 0.25) is 0 Å². The number of hydrogen-bond donors (Lipinski definition) is 1. The molecule has 0 spiro atoms. The van der Waals surface area contributed by atoms with Gasteiger partial charge in [-0.05, 0) is 79.0 Å². The first-order valence-corrected chi connectivity index (χ1v) is 13.1. The summed E-state index contributed by atoms with van der Waals surface area (Å²) in [5, 5.41) is 22.8. The highest BCUT2D eigenvalue weighted by atomic mass is 16.5. The summed E-state index contributed by atoms with van der Waals surface area (Å²) in [6.07, 6.45) is 5.61. The fraction of sp³-hybridized carbons (Fsp3) is 0.519. The lowest BCUT2D eigenvalue weighted by molar-refractivity contribution is -0.167. The molecular formula is C27H32N6O4. The van der Waals surface area contributed by atoms with E-state index in [2.05, 4.69) is 26.9 Å². The van der Waals surface area contributed by atoms with Crippen LogP contribution in [0.15, 0.2) is 18.2 Å². The molecule has 2 fully saturated rings. The Balaban J connectivity index is 1.48. The second-order valence-corrected chi connectivity index (χ2v) is 10.4. The monoisotopic (exact) mass is 504 g/mol. The van der Waals surface area contributed by atoms with Gasteiger partial charge in [0.2, 0.25) is 5.82 Å². The molecule has 6 rings (SSSR count). The lowest BCUT2D eigenvalue weighted by atomic mass is 9.61. The molecule has 194 valence electrons. The molecule has 1 amide bonds. The zero-order valence-corrected chi connectivity index (χ0v) is 21.5. The first-order valence-electron chi connectivity index (χ1n) is 13.1. The maximum absolute atomic E-state index is 14.1. The minimum atomic E-state index is -1.06. The van der Waals surface area contributed by atoms with Crippen LogP contribution in [0.5, 0.6) is 5.75 Å². The van der Waals surface area contributed by atoms with Gasteiger partial charge in [-0.2, -0.15) is 4.80 Å². The average molecular weight is 505 g/mol. The van der Waals surface area contributed by atoms with Crippen LogP contribution in [0.3, 0.4) is 0 Å². The number of amides is 1. The molecule has 1 saturated heterocycles. The Labute approximate surface area is 215 Å². The molecule has 1 aromatic carbocycles. The fourth-order valence-corrected chi connectivity index (χ4v) is 6.68. The smallest absolute Gasteiger partial charge is 0.329 e. The van der Waals surface area contributed by atoms with E-state index in [4.69, 9.17) is 4.74 Å². The van der Waals surface area contributed by atoms with Gasteiger partial charge < -0.3 is 19.3 Å². The highest BCUT2D eigenvalue weighted by molar-refractivity contribution is 5.99. The Hall–Kier alpha value is -3.69. The van der Waals surface area contributed by atoms with Crippen LogP contribution in [0, 0.1) is 5.92 Å². The van der Waals surface area contributed by atoms with Crippen molar-refractivity contribution >= 4 is 11.9 Å². The van der Waals surface area contributed by atoms with Gasteiger partial charge in [-0.1, -0.05) is 13.3 Å². The number of rotatable bonds is 6. The van der Waals surface area contributed by atoms with Crippen LogP contribution in [0.4, 0.5) is 0 Å². The molecule has 0 unspecified atom stereocenters. The topological polar surface area (TPSA) is 115 Å². The number of tetrazole rings is 1. The Morgan fingerprint density at radius 1 is 1.19 bits per heavy atom. The second kappa shape index (κ2) is 8.71. The average Bonchev–Trinajstić information content (AvgIpc) is 3.47. The number of benzene rings is 1. The van der Waals surface area contributed by atoms with Gasteiger partial charge in [0.1, 0.15) is 17.0 Å². The van der Waals surface area contributed by atoms with E-state index in [1.807, 2.05) is 18.2 Å². The molecule has 1 N–H and O–H groups in total. The van der Waals surface area contributed by atoms with Crippen molar-refractivity contribution in [2.75, 3.05) is 13.7 Å². The normalized spacial score (nSPS) is 22.0. The number of aliphatic carboxylic acids is 1. The molecule has 2 aromatic heterocycles. The fourth-order valence-electron chi connectivity index (χ4n) is 6.68. The van der Waals surface area contributed by atoms with Gasteiger partial charge >= 0.3 is 5.97 Å². The molecule has 37 heavy (non-hydrogen) atoms. The first-order chi connectivity index (χ1) is 17.9. The highest BCUT2D eigenvalue weighted by Crippen LogP contribution is 2.50. The largest absolute Gasteiger partial charge is 0.496 e. The third-order valence-electron chi connectivity index (χ3n) is 8.53. The lowest BCUT2D eigenvalue weighted by Gasteiger charge is -2.56. The molecule has 3 aliphatic rings. The van der Waals surface area contributed by atoms with Crippen LogP contribution < -0.4 is 4.74 Å². The van der Waals surface area contributed by atoms with Gasteiger partial charge in [0, 0.05) is 18.7 Å². The molecule has 10 heteroatoms. The molecule has 0 radical (unpaired) electrons. The van der Waals surface area contributed by atoms with Crippen molar-refractivity contribution in [2.45, 2.75) is 64.0 Å². The minimum absolute atomic E-state index is 0.0452. The number of piperidine rings is 1. The summed E-state index contributed by atoms with van der Waals surface area (Å²) in [4.78, 5) is 29.6. The number of carbonyl (C=O) groups is 2. The summed E-state index contributed by atoms with van der Waals surface area (Å²) in [7, 11) is 3.36. The zero-order valence-electron chi connectivity index (χ0n) is 21.5. The SMILES string of the molecule is CCCc1cc(C(=O)N2CCC[C@H]3CC[C@]32C(=O)O)n2c1-c1cc(-c3nnn(C)n3)c(OC)cc1CC2. The summed E-state index contributed by atoms with van der Waals surface area (Å²) in [5.41, 5.74) is 4.57. The number of nitrogens with zero attached hydrogens (tertiary/aromatic N) is 6. The molecule has 2 atom stereocenters. The van der Waals surface area contributed by atoms with E-state index < -0.39 is 11.5 Å². The van der Waals surface area contributed by atoms with Crippen molar-refractivity contribution in [1.82, 2.24) is 29.7 Å². The molecule has 0 bridgehead atoms. The number of aromatic nitrogens is 5. The number of fused-ring (bicyclic) bond motifs is 4. The van der Waals surface area contributed by atoms with Crippen molar-refractivity contribution in [3.8, 4) is 28.4 Å². The maximum atomic E-state index is 14.1. The molecule has 2 aliphatic heterocycles. The third kappa shape index (κ3) is 3.41. The Morgan fingerprint density at radius 3 is 2.68 bits per heavy atom. The van der Waals surface area contributed by atoms with Crippen molar-refractivity contribution in [2.24, 2.45) is 13.0 Å². The van der Waals surface area contributed by atoms with Crippen molar-refractivity contribution in [3.05, 3.63) is 35.0 Å². The van der Waals surface area contributed by atoms with Crippen LogP contribution in [0.25, 0.3) is 22.6 Å². The highest BCUT2D eigenvalue weighted by Gasteiger charge is 2.60. The molecule has 10 nitrogen and oxygen atoms in total. The quantitative estimate of drug-likeness (QED) is 0.547. The van der Waals surface area contributed by atoms with E-state index >= 15 is 0 Å². The number of carboxylic acid groups (broad SMARTS) is 1. The van der Waals surface area contributed by atoms with Crippen LogP contribution >= 0.6 is 0 Å². The van der Waals surface area contributed by atoms with Crippen molar-refractivity contribution < 1.29 is 19.4 Å². The summed E-state index contributed by atoms with van der Waals surface area (Å²) in [6.45, 7) is 3.26. The number of hydrogen-bond acceptors (Lipinski definition) is 6. The van der Waals surface area contributed by atoms with E-state index in [-0.39, 0.29) is 11.8 Å². The number of carbonyl (C=O) groups excluding carboxylic acids is 1. The predicted molar refractivity (Wildman–Crippen MR) is 135 cm³/mol. The van der Waals surface area contributed by atoms with Crippen LogP contribution in [-0.4, -0.2) is 65.9 Å². The molecule has 3 aromatic rings. The van der Waals surface area contributed by atoms with E-state index in [0.717, 1.165) is 66.5 Å². The van der Waals surface area contributed by atoms with Gasteiger partial charge in [-0.15, -0.1) is 10.2 Å². The molecule has 1 aliphatic carbocycles. The second-order valence-electron chi connectivity index (χ2n) is 10.4. The summed E-state index contributed by atoms with van der Waals surface area (Å²) >= 11 is 0. The van der Waals surface area contributed by atoms with Crippen LogP contribution in [-0.2, 0) is 31.2 Å². The summed E-state index contributed by atoms with van der Waals surface area (Å²) < 4.78 is 7.79. The standard InChI is InChI=1S/C27H32N6O4/c1-4-6-17-13-21(25(34)33-11-5-7-18-8-10-27(18,33)26(35)36)32-12-9-16-14-22(37-3)20(15-19(16)23(17)32)24-28-30-31(2)29-24/h13-15,18H,4-12H2,1-3H3,(H,35,36)/t18-,27+/m0/s1. The van der Waals surface area contributed by atoms with Gasteiger partial charge in [0.05, 0.1) is 25.4 Å². The van der Waals surface area contributed by atoms with Gasteiger partial charge in [-0.25, -0.2) is 4.79 Å². The Kier molecular flexibility index (Phi) is 5.58. The van der Waals surface area contributed by atoms with E-state index in [0.29, 0.717) is 36.8 Å². The molecule has 1 saturated carbocycles. The number of likely N-dealkylation sites (tertiary alicyclic amines) is 1.